The van der Waals surface area contributed by atoms with Gasteiger partial charge in [-0.05, 0) is 12.0 Å². The highest BCUT2D eigenvalue weighted by atomic mass is 16.5. The molecule has 0 aromatic carbocycles. The Kier molecular flexibility index (Phi) is 2.94. The lowest BCUT2D eigenvalue weighted by atomic mass is 10.0. The highest BCUT2D eigenvalue weighted by Crippen LogP contribution is 2.20. The Morgan fingerprint density at radius 1 is 1.73 bits per heavy atom. The van der Waals surface area contributed by atoms with Crippen molar-refractivity contribution >= 4 is 0 Å². The van der Waals surface area contributed by atoms with Crippen molar-refractivity contribution in [3.05, 3.63) is 11.8 Å². The molecular weight excluding hydrogens is 140 g/mol. The molecule has 1 aliphatic rings. The molecule has 11 heavy (non-hydrogen) atoms. The van der Waals surface area contributed by atoms with E-state index in [1.807, 2.05) is 13.0 Å². The Balaban J connectivity index is 2.45. The van der Waals surface area contributed by atoms with E-state index >= 15 is 0 Å². The quantitative estimate of drug-likeness (QED) is 0.674. The summed E-state index contributed by atoms with van der Waals surface area (Å²) in [6, 6.07) is 0. The third-order valence-electron chi connectivity index (χ3n) is 2.21. The van der Waals surface area contributed by atoms with Crippen molar-refractivity contribution < 1.29 is 9.84 Å². The van der Waals surface area contributed by atoms with Gasteiger partial charge in [0.15, 0.2) is 0 Å². The van der Waals surface area contributed by atoms with Crippen LogP contribution in [0.15, 0.2) is 11.8 Å². The first kappa shape index (κ1) is 8.60. The van der Waals surface area contributed by atoms with Crippen LogP contribution in [0.1, 0.15) is 26.7 Å². The number of hydrogen-bond donors (Lipinski definition) is 1. The average molecular weight is 156 g/mol. The Morgan fingerprint density at radius 2 is 2.45 bits per heavy atom. The number of ether oxygens (including phenoxy) is 1. The molecular formula is C9H16O2. The molecule has 0 amide bonds. The molecule has 1 heterocycles. The van der Waals surface area contributed by atoms with Gasteiger partial charge < -0.3 is 9.84 Å². The maximum atomic E-state index is 9.62. The third kappa shape index (κ3) is 1.96. The summed E-state index contributed by atoms with van der Waals surface area (Å²) in [6.45, 7) is 4.85. The van der Waals surface area contributed by atoms with E-state index in [1.165, 1.54) is 0 Å². The molecule has 2 heteroatoms. The SMILES string of the molecule is CCC(C)C(O)C1=CCCO1. The maximum absolute atomic E-state index is 9.62. The van der Waals surface area contributed by atoms with Crippen LogP contribution in [-0.4, -0.2) is 17.8 Å². The number of aliphatic hydroxyl groups excluding tert-OH is 1. The van der Waals surface area contributed by atoms with Crippen molar-refractivity contribution in [3.63, 3.8) is 0 Å². The van der Waals surface area contributed by atoms with Crippen molar-refractivity contribution in [2.45, 2.75) is 32.8 Å². The van der Waals surface area contributed by atoms with Crippen LogP contribution in [-0.2, 0) is 4.74 Å². The molecule has 0 bridgehead atoms. The summed E-state index contributed by atoms with van der Waals surface area (Å²) in [7, 11) is 0. The molecule has 0 saturated carbocycles. The summed E-state index contributed by atoms with van der Waals surface area (Å²) in [5.41, 5.74) is 0. The first-order valence-corrected chi connectivity index (χ1v) is 4.26. The van der Waals surface area contributed by atoms with Crippen molar-refractivity contribution in [3.8, 4) is 0 Å². The summed E-state index contributed by atoms with van der Waals surface area (Å²) in [5, 5.41) is 9.62. The summed E-state index contributed by atoms with van der Waals surface area (Å²) in [6.07, 6.45) is 3.53. The zero-order valence-corrected chi connectivity index (χ0v) is 7.21. The smallest absolute Gasteiger partial charge is 0.121 e. The molecule has 1 N–H and O–H groups in total. The monoisotopic (exact) mass is 156 g/mol. The van der Waals surface area contributed by atoms with E-state index in [4.69, 9.17) is 4.74 Å². The largest absolute Gasteiger partial charge is 0.495 e. The Hall–Kier alpha value is -0.500. The molecule has 1 rings (SSSR count). The molecule has 0 aromatic heterocycles. The van der Waals surface area contributed by atoms with E-state index in [-0.39, 0.29) is 6.10 Å². The van der Waals surface area contributed by atoms with Crippen molar-refractivity contribution in [2.24, 2.45) is 5.92 Å². The number of rotatable bonds is 3. The minimum Gasteiger partial charge on any atom is -0.495 e. The third-order valence-corrected chi connectivity index (χ3v) is 2.21. The molecule has 0 aliphatic carbocycles. The zero-order valence-electron chi connectivity index (χ0n) is 7.21. The second-order valence-corrected chi connectivity index (χ2v) is 3.07. The second kappa shape index (κ2) is 3.77. The second-order valence-electron chi connectivity index (χ2n) is 3.07. The molecule has 0 fully saturated rings. The van der Waals surface area contributed by atoms with Gasteiger partial charge in [-0.2, -0.15) is 0 Å². The number of hydrogen-bond acceptors (Lipinski definition) is 2. The normalized spacial score (nSPS) is 22.3. The topological polar surface area (TPSA) is 29.5 Å². The van der Waals surface area contributed by atoms with Crippen molar-refractivity contribution in [1.29, 1.82) is 0 Å². The summed E-state index contributed by atoms with van der Waals surface area (Å²) in [4.78, 5) is 0. The van der Waals surface area contributed by atoms with E-state index in [0.29, 0.717) is 5.92 Å². The minimum atomic E-state index is -0.387. The highest BCUT2D eigenvalue weighted by Gasteiger charge is 2.20. The average Bonchev–Trinajstić information content (AvgIpc) is 2.53. The molecule has 2 atom stereocenters. The van der Waals surface area contributed by atoms with Crippen LogP contribution in [0.4, 0.5) is 0 Å². The predicted octanol–water partition coefficient (Wildman–Crippen LogP) is 1.70. The van der Waals surface area contributed by atoms with E-state index in [1.54, 1.807) is 0 Å². The Bertz CT molecular complexity index is 152. The van der Waals surface area contributed by atoms with Crippen LogP contribution in [0.5, 0.6) is 0 Å². The van der Waals surface area contributed by atoms with Gasteiger partial charge in [0, 0.05) is 6.42 Å². The van der Waals surface area contributed by atoms with Gasteiger partial charge in [0.1, 0.15) is 11.9 Å². The van der Waals surface area contributed by atoms with Crippen LogP contribution < -0.4 is 0 Å². The molecule has 0 aromatic rings. The lowest BCUT2D eigenvalue weighted by molar-refractivity contribution is 0.0789. The van der Waals surface area contributed by atoms with Crippen LogP contribution in [0.3, 0.4) is 0 Å². The molecule has 2 unspecified atom stereocenters. The fraction of sp³-hybridized carbons (Fsp3) is 0.778. The minimum absolute atomic E-state index is 0.305. The maximum Gasteiger partial charge on any atom is 0.121 e. The van der Waals surface area contributed by atoms with Gasteiger partial charge in [-0.15, -0.1) is 0 Å². The van der Waals surface area contributed by atoms with Crippen LogP contribution in [0.25, 0.3) is 0 Å². The molecule has 64 valence electrons. The lowest BCUT2D eigenvalue weighted by Gasteiger charge is -2.17. The van der Waals surface area contributed by atoms with Gasteiger partial charge in [0.05, 0.1) is 6.61 Å². The first-order chi connectivity index (χ1) is 5.25. The zero-order chi connectivity index (χ0) is 8.27. The molecule has 1 aliphatic heterocycles. The van der Waals surface area contributed by atoms with Gasteiger partial charge >= 0.3 is 0 Å². The van der Waals surface area contributed by atoms with E-state index in [9.17, 15) is 5.11 Å². The van der Waals surface area contributed by atoms with E-state index < -0.39 is 0 Å². The van der Waals surface area contributed by atoms with Crippen molar-refractivity contribution in [2.75, 3.05) is 6.61 Å². The van der Waals surface area contributed by atoms with E-state index in [0.717, 1.165) is 25.2 Å². The molecule has 0 spiro atoms. The molecule has 0 radical (unpaired) electrons. The van der Waals surface area contributed by atoms with Gasteiger partial charge in [0.2, 0.25) is 0 Å². The van der Waals surface area contributed by atoms with E-state index in [2.05, 4.69) is 6.92 Å². The van der Waals surface area contributed by atoms with Gasteiger partial charge in [0.25, 0.3) is 0 Å². The van der Waals surface area contributed by atoms with Gasteiger partial charge in [-0.3, -0.25) is 0 Å². The number of aliphatic hydroxyl groups is 1. The van der Waals surface area contributed by atoms with Crippen LogP contribution in [0, 0.1) is 5.92 Å². The van der Waals surface area contributed by atoms with Gasteiger partial charge in [-0.1, -0.05) is 20.3 Å². The predicted molar refractivity (Wildman–Crippen MR) is 44.1 cm³/mol. The van der Waals surface area contributed by atoms with Crippen LogP contribution in [0.2, 0.25) is 0 Å². The molecule has 2 nitrogen and oxygen atoms in total. The van der Waals surface area contributed by atoms with Gasteiger partial charge in [-0.25, -0.2) is 0 Å². The lowest BCUT2D eigenvalue weighted by Crippen LogP contribution is -2.19. The first-order valence-electron chi connectivity index (χ1n) is 4.26. The fourth-order valence-electron chi connectivity index (χ4n) is 1.15. The Morgan fingerprint density at radius 3 is 2.91 bits per heavy atom. The van der Waals surface area contributed by atoms with Crippen molar-refractivity contribution in [1.82, 2.24) is 0 Å². The standard InChI is InChI=1S/C9H16O2/c1-3-7(2)9(10)8-5-4-6-11-8/h5,7,9-10H,3-4,6H2,1-2H3. The molecule has 0 saturated heterocycles. The summed E-state index contributed by atoms with van der Waals surface area (Å²) < 4.78 is 5.25. The summed E-state index contributed by atoms with van der Waals surface area (Å²) in [5.74, 6) is 1.08. The summed E-state index contributed by atoms with van der Waals surface area (Å²) >= 11 is 0. The fourth-order valence-corrected chi connectivity index (χ4v) is 1.15. The highest BCUT2D eigenvalue weighted by molar-refractivity contribution is 5.04. The van der Waals surface area contributed by atoms with Crippen LogP contribution >= 0.6 is 0 Å². The Labute approximate surface area is 67.9 Å².